The lowest BCUT2D eigenvalue weighted by atomic mass is 9.78. The van der Waals surface area contributed by atoms with Gasteiger partial charge in [-0.25, -0.2) is 8.42 Å². The van der Waals surface area contributed by atoms with Gasteiger partial charge in [0.05, 0.1) is 17.5 Å². The summed E-state index contributed by atoms with van der Waals surface area (Å²) in [4.78, 5) is 13.6. The van der Waals surface area contributed by atoms with E-state index in [1.165, 1.54) is 4.31 Å². The first-order valence-corrected chi connectivity index (χ1v) is 10.7. The molecule has 0 aliphatic carbocycles. The van der Waals surface area contributed by atoms with Gasteiger partial charge in [-0.2, -0.15) is 4.31 Å². The van der Waals surface area contributed by atoms with Gasteiger partial charge in [-0.05, 0) is 37.5 Å². The minimum absolute atomic E-state index is 0.0619. The van der Waals surface area contributed by atoms with Gasteiger partial charge in [0.25, 0.3) is 0 Å². The number of nitrogens with zero attached hydrogens (tertiary/aromatic N) is 1. The molecular weight excluding hydrogens is 362 g/mol. The number of sulfonamides is 1. The van der Waals surface area contributed by atoms with Gasteiger partial charge in [0.15, 0.2) is 5.78 Å². The van der Waals surface area contributed by atoms with Crippen LogP contribution in [0.1, 0.15) is 40.4 Å². The van der Waals surface area contributed by atoms with Crippen LogP contribution in [0.4, 0.5) is 0 Å². The molecule has 0 radical (unpaired) electrons. The molecule has 0 aromatic heterocycles. The zero-order valence-electron chi connectivity index (χ0n) is 15.1. The summed E-state index contributed by atoms with van der Waals surface area (Å²) in [6.45, 7) is 2.44. The molecule has 3 atom stereocenters. The Morgan fingerprint density at radius 3 is 2.63 bits per heavy atom. The summed E-state index contributed by atoms with van der Waals surface area (Å²) < 4.78 is 34.0. The fourth-order valence-corrected chi connectivity index (χ4v) is 6.27. The fourth-order valence-electron chi connectivity index (χ4n) is 4.78. The van der Waals surface area contributed by atoms with E-state index < -0.39 is 15.6 Å². The highest BCUT2D eigenvalue weighted by Gasteiger charge is 2.61. The van der Waals surface area contributed by atoms with Gasteiger partial charge in [0.1, 0.15) is 5.60 Å². The van der Waals surface area contributed by atoms with Crippen LogP contribution < -0.4 is 0 Å². The summed E-state index contributed by atoms with van der Waals surface area (Å²) in [7, 11) is -3.66. The number of aryl methyl sites for hydroxylation is 1. The van der Waals surface area contributed by atoms with Gasteiger partial charge >= 0.3 is 0 Å². The molecule has 3 aliphatic heterocycles. The number of ether oxygens (including phenoxy) is 1. The molecule has 2 aromatic rings. The Labute approximate surface area is 159 Å². The molecule has 5 nitrogen and oxygen atoms in total. The molecule has 5 rings (SSSR count). The number of hydrogen-bond acceptors (Lipinski definition) is 4. The van der Waals surface area contributed by atoms with Crippen LogP contribution in [0.3, 0.4) is 0 Å². The van der Waals surface area contributed by atoms with Crippen LogP contribution in [-0.4, -0.2) is 37.2 Å². The van der Waals surface area contributed by atoms with E-state index in [4.69, 9.17) is 4.74 Å². The molecular formula is C21H21NO4S. The molecule has 0 unspecified atom stereocenters. The molecule has 3 aliphatic rings. The van der Waals surface area contributed by atoms with E-state index in [9.17, 15) is 13.2 Å². The van der Waals surface area contributed by atoms with E-state index in [2.05, 4.69) is 0 Å². The predicted molar refractivity (Wildman–Crippen MR) is 100.0 cm³/mol. The lowest BCUT2D eigenvalue weighted by molar-refractivity contribution is -0.0643. The molecule has 2 aromatic carbocycles. The van der Waals surface area contributed by atoms with Gasteiger partial charge in [-0.15, -0.1) is 0 Å². The summed E-state index contributed by atoms with van der Waals surface area (Å²) in [5.41, 5.74) is 1.59. The van der Waals surface area contributed by atoms with E-state index in [1.807, 2.05) is 31.2 Å². The molecule has 6 heteroatoms. The number of hydrogen-bond donors (Lipinski definition) is 0. The number of carbonyl (C=O) groups excluding carboxylic acids is 1. The van der Waals surface area contributed by atoms with Crippen molar-refractivity contribution in [3.63, 3.8) is 0 Å². The van der Waals surface area contributed by atoms with Gasteiger partial charge in [0, 0.05) is 18.0 Å². The predicted octanol–water partition coefficient (Wildman–Crippen LogP) is 3.10. The van der Waals surface area contributed by atoms with Crippen molar-refractivity contribution in [3.05, 3.63) is 65.2 Å². The summed E-state index contributed by atoms with van der Waals surface area (Å²) >= 11 is 0. The van der Waals surface area contributed by atoms with Gasteiger partial charge in [-0.1, -0.05) is 42.0 Å². The average Bonchev–Trinajstić information content (AvgIpc) is 3.03. The zero-order chi connectivity index (χ0) is 18.8. The standard InChI is InChI=1S/C21H21NO4S/c1-14-6-8-16(9-7-14)27(24,25)22-11-10-15-12-19-17-4-2-3-5-18(17)20(23)21(15,13-22)26-19/h2-9,15,19H,10-13H2,1H3/t15-,19+,21-/m1/s1. The third-order valence-electron chi connectivity index (χ3n) is 6.24. The summed E-state index contributed by atoms with van der Waals surface area (Å²) in [6, 6.07) is 14.4. The second-order valence-electron chi connectivity index (χ2n) is 7.79. The Morgan fingerprint density at radius 2 is 1.85 bits per heavy atom. The highest BCUT2D eigenvalue weighted by molar-refractivity contribution is 7.89. The van der Waals surface area contributed by atoms with Crippen molar-refractivity contribution in [2.24, 2.45) is 5.92 Å². The van der Waals surface area contributed by atoms with Gasteiger partial charge < -0.3 is 4.74 Å². The SMILES string of the molecule is Cc1ccc(S(=O)(=O)N2CC[C@@H]3C[C@@H]4O[C@@]3(C2)C(=O)c2ccccc24)cc1. The van der Waals surface area contributed by atoms with Crippen LogP contribution in [0.15, 0.2) is 53.4 Å². The maximum atomic E-state index is 13.3. The number of piperidine rings is 1. The van der Waals surface area contributed by atoms with Crippen molar-refractivity contribution in [2.45, 2.75) is 36.4 Å². The third-order valence-corrected chi connectivity index (χ3v) is 8.10. The minimum Gasteiger partial charge on any atom is -0.357 e. The number of Topliss-reactive ketones (excluding diaryl/α,β-unsaturated/α-hetero) is 1. The lowest BCUT2D eigenvalue weighted by Gasteiger charge is -2.43. The fraction of sp³-hybridized carbons (Fsp3) is 0.381. The minimum atomic E-state index is -3.66. The Kier molecular flexibility index (Phi) is 3.63. The molecule has 2 saturated heterocycles. The second kappa shape index (κ2) is 5.74. The van der Waals surface area contributed by atoms with Crippen molar-refractivity contribution in [3.8, 4) is 0 Å². The van der Waals surface area contributed by atoms with Gasteiger partial charge in [-0.3, -0.25) is 4.79 Å². The van der Waals surface area contributed by atoms with Crippen LogP contribution in [0, 0.1) is 12.8 Å². The smallest absolute Gasteiger partial charge is 0.243 e. The molecule has 140 valence electrons. The summed E-state index contributed by atoms with van der Waals surface area (Å²) in [5, 5.41) is 0. The van der Waals surface area contributed by atoms with Crippen LogP contribution >= 0.6 is 0 Å². The summed E-state index contributed by atoms with van der Waals surface area (Å²) in [6.07, 6.45) is 1.30. The van der Waals surface area contributed by atoms with Crippen LogP contribution in [-0.2, 0) is 14.8 Å². The van der Waals surface area contributed by atoms with E-state index in [-0.39, 0.29) is 29.2 Å². The maximum absolute atomic E-state index is 13.3. The Morgan fingerprint density at radius 1 is 1.11 bits per heavy atom. The van der Waals surface area contributed by atoms with Crippen molar-refractivity contribution in [2.75, 3.05) is 13.1 Å². The topological polar surface area (TPSA) is 63.7 Å². The first-order chi connectivity index (χ1) is 12.9. The van der Waals surface area contributed by atoms with E-state index in [0.717, 1.165) is 17.5 Å². The highest BCUT2D eigenvalue weighted by Crippen LogP contribution is 2.54. The maximum Gasteiger partial charge on any atom is 0.243 e. The molecule has 27 heavy (non-hydrogen) atoms. The monoisotopic (exact) mass is 383 g/mol. The molecule has 0 N–H and O–H groups in total. The van der Waals surface area contributed by atoms with Crippen molar-refractivity contribution < 1.29 is 17.9 Å². The zero-order valence-corrected chi connectivity index (χ0v) is 15.9. The van der Waals surface area contributed by atoms with E-state index in [0.29, 0.717) is 18.5 Å². The molecule has 2 bridgehead atoms. The number of rotatable bonds is 2. The second-order valence-corrected chi connectivity index (χ2v) is 9.72. The van der Waals surface area contributed by atoms with Crippen LogP contribution in [0.2, 0.25) is 0 Å². The van der Waals surface area contributed by atoms with Crippen molar-refractivity contribution in [1.82, 2.24) is 4.31 Å². The van der Waals surface area contributed by atoms with E-state index >= 15 is 0 Å². The molecule has 1 spiro atoms. The number of carbonyl (C=O) groups is 1. The quantitative estimate of drug-likeness (QED) is 0.799. The first kappa shape index (κ1) is 17.1. The Bertz CT molecular complexity index is 1030. The van der Waals surface area contributed by atoms with E-state index in [1.54, 1.807) is 24.3 Å². The molecule has 2 fully saturated rings. The molecule has 0 amide bonds. The third kappa shape index (κ3) is 2.37. The summed E-state index contributed by atoms with van der Waals surface area (Å²) in [5.74, 6) is -0.00692. The average molecular weight is 383 g/mol. The van der Waals surface area contributed by atoms with Crippen molar-refractivity contribution in [1.29, 1.82) is 0 Å². The number of ketones is 1. The Hall–Kier alpha value is -2.02. The lowest BCUT2D eigenvalue weighted by Crippen LogP contribution is -2.59. The normalized spacial score (nSPS) is 30.0. The number of benzene rings is 2. The van der Waals surface area contributed by atoms with Crippen LogP contribution in [0.25, 0.3) is 0 Å². The first-order valence-electron chi connectivity index (χ1n) is 9.30. The highest BCUT2D eigenvalue weighted by atomic mass is 32.2. The molecule has 0 saturated carbocycles. The molecule has 3 heterocycles. The van der Waals surface area contributed by atoms with Crippen LogP contribution in [0.5, 0.6) is 0 Å². The number of fused-ring (bicyclic) bond motifs is 3. The van der Waals surface area contributed by atoms with Crippen molar-refractivity contribution >= 4 is 15.8 Å². The largest absolute Gasteiger partial charge is 0.357 e. The van der Waals surface area contributed by atoms with Gasteiger partial charge in [0.2, 0.25) is 10.0 Å². The Balaban J connectivity index is 1.53.